The lowest BCUT2D eigenvalue weighted by Crippen LogP contribution is -2.44. The van der Waals surface area contributed by atoms with Crippen molar-refractivity contribution in [3.63, 3.8) is 0 Å². The fraction of sp³-hybridized carbons (Fsp3) is 0.333. The minimum atomic E-state index is -0.582. The SMILES string of the molecule is CC(C)CC(=O)Nc1ccc2c(c1)N(Cc1ccccc1Cl)C(=O)C(C)O2. The molecule has 0 fully saturated rings. The van der Waals surface area contributed by atoms with Crippen molar-refractivity contribution >= 4 is 34.8 Å². The van der Waals surface area contributed by atoms with Crippen LogP contribution in [0.5, 0.6) is 5.75 Å². The topological polar surface area (TPSA) is 58.6 Å². The maximum Gasteiger partial charge on any atom is 0.268 e. The van der Waals surface area contributed by atoms with E-state index in [9.17, 15) is 9.59 Å². The third-order valence-electron chi connectivity index (χ3n) is 4.33. The van der Waals surface area contributed by atoms with Crippen molar-refractivity contribution in [2.45, 2.75) is 39.8 Å². The van der Waals surface area contributed by atoms with Gasteiger partial charge < -0.3 is 15.0 Å². The molecule has 0 spiro atoms. The van der Waals surface area contributed by atoms with Gasteiger partial charge in [0, 0.05) is 17.1 Å². The van der Waals surface area contributed by atoms with Crippen molar-refractivity contribution in [1.29, 1.82) is 0 Å². The predicted molar refractivity (Wildman–Crippen MR) is 107 cm³/mol. The minimum Gasteiger partial charge on any atom is -0.479 e. The number of nitrogens with zero attached hydrogens (tertiary/aromatic N) is 1. The maximum atomic E-state index is 12.8. The van der Waals surface area contributed by atoms with Crippen LogP contribution in [0, 0.1) is 5.92 Å². The maximum absolute atomic E-state index is 12.8. The molecule has 142 valence electrons. The van der Waals surface area contributed by atoms with E-state index in [2.05, 4.69) is 5.32 Å². The van der Waals surface area contributed by atoms with E-state index in [1.54, 1.807) is 36.1 Å². The Morgan fingerprint density at radius 3 is 2.70 bits per heavy atom. The highest BCUT2D eigenvalue weighted by molar-refractivity contribution is 6.31. The molecule has 0 saturated carbocycles. The van der Waals surface area contributed by atoms with Gasteiger partial charge in [-0.3, -0.25) is 9.59 Å². The number of carbonyl (C=O) groups is 2. The number of hydrogen-bond acceptors (Lipinski definition) is 3. The first-order valence-electron chi connectivity index (χ1n) is 9.00. The summed E-state index contributed by atoms with van der Waals surface area (Å²) in [5.41, 5.74) is 2.11. The monoisotopic (exact) mass is 386 g/mol. The summed E-state index contributed by atoms with van der Waals surface area (Å²) in [6.07, 6.45) is -0.145. The van der Waals surface area contributed by atoms with Crippen LogP contribution in [0.4, 0.5) is 11.4 Å². The van der Waals surface area contributed by atoms with Crippen molar-refractivity contribution < 1.29 is 14.3 Å². The van der Waals surface area contributed by atoms with Gasteiger partial charge in [0.25, 0.3) is 5.91 Å². The van der Waals surface area contributed by atoms with Crippen molar-refractivity contribution in [1.82, 2.24) is 0 Å². The molecular weight excluding hydrogens is 364 g/mol. The summed E-state index contributed by atoms with van der Waals surface area (Å²) in [7, 11) is 0. The zero-order valence-corrected chi connectivity index (χ0v) is 16.4. The highest BCUT2D eigenvalue weighted by atomic mass is 35.5. The van der Waals surface area contributed by atoms with Crippen LogP contribution in [0.1, 0.15) is 32.8 Å². The van der Waals surface area contributed by atoms with Crippen molar-refractivity contribution in [3.05, 3.63) is 53.1 Å². The molecule has 0 bridgehead atoms. The van der Waals surface area contributed by atoms with E-state index < -0.39 is 6.10 Å². The highest BCUT2D eigenvalue weighted by Crippen LogP contribution is 2.37. The molecule has 0 saturated heterocycles. The van der Waals surface area contributed by atoms with Crippen LogP contribution in [0.15, 0.2) is 42.5 Å². The lowest BCUT2D eigenvalue weighted by molar-refractivity contribution is -0.125. The highest BCUT2D eigenvalue weighted by Gasteiger charge is 2.32. The summed E-state index contributed by atoms with van der Waals surface area (Å²) in [4.78, 5) is 26.5. The number of fused-ring (bicyclic) bond motifs is 1. The second kappa shape index (κ2) is 8.01. The number of amides is 2. The van der Waals surface area contributed by atoms with E-state index in [1.165, 1.54) is 0 Å². The van der Waals surface area contributed by atoms with Crippen molar-refractivity contribution in [2.75, 3.05) is 10.2 Å². The summed E-state index contributed by atoms with van der Waals surface area (Å²) in [6.45, 7) is 6.04. The Hall–Kier alpha value is -2.53. The smallest absolute Gasteiger partial charge is 0.268 e. The van der Waals surface area contributed by atoms with Gasteiger partial charge in [-0.15, -0.1) is 0 Å². The zero-order valence-electron chi connectivity index (χ0n) is 15.7. The lowest BCUT2D eigenvalue weighted by atomic mass is 10.1. The van der Waals surface area contributed by atoms with E-state index in [0.717, 1.165) is 5.56 Å². The number of rotatable bonds is 5. The predicted octanol–water partition coefficient (Wildman–Crippen LogP) is 4.64. The number of nitrogens with one attached hydrogen (secondary N) is 1. The van der Waals surface area contributed by atoms with Crippen LogP contribution in [0.3, 0.4) is 0 Å². The van der Waals surface area contributed by atoms with E-state index in [0.29, 0.717) is 35.1 Å². The molecule has 2 amide bonds. The van der Waals surface area contributed by atoms with Gasteiger partial charge in [-0.05, 0) is 42.7 Å². The van der Waals surface area contributed by atoms with Crippen molar-refractivity contribution in [3.8, 4) is 5.75 Å². The van der Waals surface area contributed by atoms with Gasteiger partial charge in [-0.25, -0.2) is 0 Å². The molecule has 27 heavy (non-hydrogen) atoms. The van der Waals surface area contributed by atoms with Gasteiger partial charge in [-0.1, -0.05) is 43.6 Å². The molecule has 6 heteroatoms. The van der Waals surface area contributed by atoms with Crippen LogP contribution >= 0.6 is 11.6 Å². The third-order valence-corrected chi connectivity index (χ3v) is 4.70. The normalized spacial score (nSPS) is 16.1. The minimum absolute atomic E-state index is 0.0565. The Labute approximate surface area is 164 Å². The molecule has 1 aliphatic rings. The van der Waals surface area contributed by atoms with Crippen LogP contribution in [-0.2, 0) is 16.1 Å². The van der Waals surface area contributed by atoms with Gasteiger partial charge in [0.15, 0.2) is 6.10 Å². The Morgan fingerprint density at radius 2 is 2.00 bits per heavy atom. The summed E-state index contributed by atoms with van der Waals surface area (Å²) < 4.78 is 5.73. The molecule has 3 rings (SSSR count). The van der Waals surface area contributed by atoms with Crippen LogP contribution < -0.4 is 15.0 Å². The van der Waals surface area contributed by atoms with Crippen LogP contribution in [0.2, 0.25) is 5.02 Å². The quantitative estimate of drug-likeness (QED) is 0.814. The van der Waals surface area contributed by atoms with Crippen LogP contribution in [0.25, 0.3) is 0 Å². The number of benzene rings is 2. The van der Waals surface area contributed by atoms with Gasteiger partial charge in [0.05, 0.1) is 12.2 Å². The second-order valence-corrected chi connectivity index (χ2v) is 7.51. The fourth-order valence-electron chi connectivity index (χ4n) is 3.03. The van der Waals surface area contributed by atoms with E-state index in [1.807, 2.05) is 32.0 Å². The molecule has 1 heterocycles. The molecule has 1 N–H and O–H groups in total. The standard InChI is InChI=1S/C21H23ClN2O3/c1-13(2)10-20(25)23-16-8-9-19-18(11-16)24(21(26)14(3)27-19)12-15-6-4-5-7-17(15)22/h4-9,11,13-14H,10,12H2,1-3H3,(H,23,25). The summed E-state index contributed by atoms with van der Waals surface area (Å²) in [5.74, 6) is 0.674. The number of ether oxygens (including phenoxy) is 1. The van der Waals surface area contributed by atoms with E-state index >= 15 is 0 Å². The number of carbonyl (C=O) groups excluding carboxylic acids is 2. The molecule has 2 aromatic rings. The Morgan fingerprint density at radius 1 is 1.26 bits per heavy atom. The summed E-state index contributed by atoms with van der Waals surface area (Å²) in [6, 6.07) is 12.8. The van der Waals surface area contributed by atoms with Gasteiger partial charge in [-0.2, -0.15) is 0 Å². The molecule has 1 unspecified atom stereocenters. The average Bonchev–Trinajstić information content (AvgIpc) is 2.60. The molecule has 5 nitrogen and oxygen atoms in total. The van der Waals surface area contributed by atoms with Crippen LogP contribution in [-0.4, -0.2) is 17.9 Å². The number of halogens is 1. The largest absolute Gasteiger partial charge is 0.479 e. The summed E-state index contributed by atoms with van der Waals surface area (Å²) >= 11 is 6.28. The van der Waals surface area contributed by atoms with Gasteiger partial charge >= 0.3 is 0 Å². The first-order chi connectivity index (χ1) is 12.8. The zero-order chi connectivity index (χ0) is 19.6. The molecule has 0 radical (unpaired) electrons. The van der Waals surface area contributed by atoms with E-state index in [4.69, 9.17) is 16.3 Å². The average molecular weight is 387 g/mol. The van der Waals surface area contributed by atoms with Gasteiger partial charge in [0.1, 0.15) is 5.75 Å². The Bertz CT molecular complexity index is 866. The van der Waals surface area contributed by atoms with Crippen molar-refractivity contribution in [2.24, 2.45) is 5.92 Å². The fourth-order valence-corrected chi connectivity index (χ4v) is 3.22. The van der Waals surface area contributed by atoms with E-state index in [-0.39, 0.29) is 17.7 Å². The number of hydrogen-bond donors (Lipinski definition) is 1. The first-order valence-corrected chi connectivity index (χ1v) is 9.38. The molecule has 0 aromatic heterocycles. The Balaban J connectivity index is 1.91. The molecule has 1 atom stereocenters. The van der Waals surface area contributed by atoms with Gasteiger partial charge in [0.2, 0.25) is 5.91 Å². The molecule has 2 aromatic carbocycles. The molecule has 1 aliphatic heterocycles. The summed E-state index contributed by atoms with van der Waals surface area (Å²) in [5, 5.41) is 3.49. The lowest BCUT2D eigenvalue weighted by Gasteiger charge is -2.33. The third kappa shape index (κ3) is 4.42. The molecular formula is C21H23ClN2O3. The molecule has 0 aliphatic carbocycles. The second-order valence-electron chi connectivity index (χ2n) is 7.10. The Kier molecular flexibility index (Phi) is 5.71. The number of anilines is 2. The first kappa shape index (κ1) is 19.2.